The minimum atomic E-state index is 0.192. The zero-order chi connectivity index (χ0) is 13.1. The van der Waals surface area contributed by atoms with Gasteiger partial charge < -0.3 is 14.6 Å². The molecule has 98 valence electrons. The topological polar surface area (TPSA) is 38.7 Å². The minimum Gasteiger partial charge on any atom is -0.504 e. The van der Waals surface area contributed by atoms with E-state index in [1.165, 1.54) is 5.56 Å². The Balaban J connectivity index is 1.64. The molecule has 0 aromatic heterocycles. The molecule has 0 radical (unpaired) electrons. The van der Waals surface area contributed by atoms with E-state index in [1.54, 1.807) is 12.1 Å². The van der Waals surface area contributed by atoms with Gasteiger partial charge in [0.2, 0.25) is 0 Å². The molecule has 19 heavy (non-hydrogen) atoms. The number of hydrogen-bond donors (Lipinski definition) is 1. The maximum absolute atomic E-state index is 9.89. The van der Waals surface area contributed by atoms with Crippen LogP contribution in [-0.4, -0.2) is 18.3 Å². The Labute approximate surface area is 112 Å². The molecule has 2 aromatic rings. The first-order valence-corrected chi connectivity index (χ1v) is 6.48. The highest BCUT2D eigenvalue weighted by Crippen LogP contribution is 2.36. The van der Waals surface area contributed by atoms with Crippen molar-refractivity contribution >= 4 is 0 Å². The summed E-state index contributed by atoms with van der Waals surface area (Å²) in [5, 5.41) is 9.89. The van der Waals surface area contributed by atoms with Gasteiger partial charge in [0, 0.05) is 24.5 Å². The predicted octanol–water partition coefficient (Wildman–Crippen LogP) is 2.95. The van der Waals surface area contributed by atoms with Crippen molar-refractivity contribution in [3.05, 3.63) is 53.6 Å². The molecule has 3 rings (SSSR count). The molecule has 0 unspecified atom stereocenters. The van der Waals surface area contributed by atoms with Crippen LogP contribution in [0.1, 0.15) is 11.1 Å². The summed E-state index contributed by atoms with van der Waals surface area (Å²) in [5.41, 5.74) is 2.27. The Kier molecular flexibility index (Phi) is 3.27. The Morgan fingerprint density at radius 1 is 1.16 bits per heavy atom. The summed E-state index contributed by atoms with van der Waals surface area (Å²) in [4.78, 5) is 0. The minimum absolute atomic E-state index is 0.192. The van der Waals surface area contributed by atoms with Gasteiger partial charge in [0.15, 0.2) is 11.5 Å². The predicted molar refractivity (Wildman–Crippen MR) is 72.9 cm³/mol. The highest BCUT2D eigenvalue weighted by molar-refractivity contribution is 5.51. The molecule has 0 saturated heterocycles. The van der Waals surface area contributed by atoms with Crippen LogP contribution in [0, 0.1) is 0 Å². The molecule has 1 N–H and O–H groups in total. The lowest BCUT2D eigenvalue weighted by atomic mass is 10.1. The van der Waals surface area contributed by atoms with Crippen LogP contribution in [0.25, 0.3) is 0 Å². The Hall–Kier alpha value is -2.16. The molecule has 0 aliphatic carbocycles. The molecule has 1 aliphatic heterocycles. The normalized spacial score (nSPS) is 12.8. The Morgan fingerprint density at radius 2 is 2.00 bits per heavy atom. The van der Waals surface area contributed by atoms with Crippen LogP contribution in [-0.2, 0) is 12.8 Å². The maximum Gasteiger partial charge on any atom is 0.164 e. The van der Waals surface area contributed by atoms with Gasteiger partial charge in [-0.1, -0.05) is 30.3 Å². The number of hydrogen-bond acceptors (Lipinski definition) is 3. The second kappa shape index (κ2) is 5.22. The number of ether oxygens (including phenoxy) is 2. The number of benzene rings is 2. The molecule has 0 atom stereocenters. The van der Waals surface area contributed by atoms with Crippen LogP contribution in [0.5, 0.6) is 17.2 Å². The van der Waals surface area contributed by atoms with Crippen LogP contribution in [0.15, 0.2) is 42.5 Å². The molecule has 3 heteroatoms. The van der Waals surface area contributed by atoms with Crippen molar-refractivity contribution in [3.8, 4) is 17.2 Å². The van der Waals surface area contributed by atoms with E-state index in [9.17, 15) is 5.11 Å². The third-order valence-corrected chi connectivity index (χ3v) is 3.26. The van der Waals surface area contributed by atoms with Crippen molar-refractivity contribution < 1.29 is 14.6 Å². The average molecular weight is 256 g/mol. The molecule has 0 spiro atoms. The Bertz CT molecular complexity index is 564. The van der Waals surface area contributed by atoms with Crippen LogP contribution >= 0.6 is 0 Å². The second-order valence-electron chi connectivity index (χ2n) is 4.61. The average Bonchev–Trinajstić information content (AvgIpc) is 2.87. The fourth-order valence-corrected chi connectivity index (χ4v) is 2.23. The summed E-state index contributed by atoms with van der Waals surface area (Å²) in [6.07, 6.45) is 1.67. The SMILES string of the molecule is Oc1cc2c(cc1OCCc1ccccc1)OCC2. The molecule has 0 fully saturated rings. The van der Waals surface area contributed by atoms with Crippen molar-refractivity contribution in [3.63, 3.8) is 0 Å². The smallest absolute Gasteiger partial charge is 0.164 e. The summed E-state index contributed by atoms with van der Waals surface area (Å²) < 4.78 is 11.1. The van der Waals surface area contributed by atoms with Gasteiger partial charge in [-0.2, -0.15) is 0 Å². The van der Waals surface area contributed by atoms with Gasteiger partial charge in [0.1, 0.15) is 5.75 Å². The van der Waals surface area contributed by atoms with Gasteiger partial charge in [-0.15, -0.1) is 0 Å². The molecule has 0 amide bonds. The van der Waals surface area contributed by atoms with E-state index < -0.39 is 0 Å². The summed E-state index contributed by atoms with van der Waals surface area (Å²) >= 11 is 0. The van der Waals surface area contributed by atoms with Gasteiger partial charge >= 0.3 is 0 Å². The van der Waals surface area contributed by atoms with E-state index in [1.807, 2.05) is 18.2 Å². The van der Waals surface area contributed by atoms with Crippen molar-refractivity contribution in [2.24, 2.45) is 0 Å². The van der Waals surface area contributed by atoms with E-state index in [0.717, 1.165) is 24.2 Å². The van der Waals surface area contributed by atoms with E-state index in [4.69, 9.17) is 9.47 Å². The number of fused-ring (bicyclic) bond motifs is 1. The maximum atomic E-state index is 9.89. The van der Waals surface area contributed by atoms with Gasteiger partial charge in [0.25, 0.3) is 0 Å². The van der Waals surface area contributed by atoms with Crippen molar-refractivity contribution in [1.82, 2.24) is 0 Å². The van der Waals surface area contributed by atoms with Gasteiger partial charge in [-0.25, -0.2) is 0 Å². The first-order chi connectivity index (χ1) is 9.33. The lowest BCUT2D eigenvalue weighted by molar-refractivity contribution is 0.299. The quantitative estimate of drug-likeness (QED) is 0.914. The van der Waals surface area contributed by atoms with E-state index in [0.29, 0.717) is 19.0 Å². The van der Waals surface area contributed by atoms with Gasteiger partial charge in [-0.05, 0) is 11.6 Å². The van der Waals surface area contributed by atoms with Crippen molar-refractivity contribution in [1.29, 1.82) is 0 Å². The second-order valence-corrected chi connectivity index (χ2v) is 4.61. The molecule has 1 heterocycles. The lowest BCUT2D eigenvalue weighted by Gasteiger charge is -2.10. The molecular weight excluding hydrogens is 240 g/mol. The third kappa shape index (κ3) is 2.65. The van der Waals surface area contributed by atoms with E-state index in [-0.39, 0.29) is 5.75 Å². The summed E-state index contributed by atoms with van der Waals surface area (Å²) in [6.45, 7) is 1.22. The fraction of sp³-hybridized carbons (Fsp3) is 0.250. The van der Waals surface area contributed by atoms with Crippen LogP contribution in [0.3, 0.4) is 0 Å². The third-order valence-electron chi connectivity index (χ3n) is 3.26. The number of phenols is 1. The fourth-order valence-electron chi connectivity index (χ4n) is 2.23. The monoisotopic (exact) mass is 256 g/mol. The lowest BCUT2D eigenvalue weighted by Crippen LogP contribution is -2.01. The number of aromatic hydroxyl groups is 1. The molecule has 1 aliphatic rings. The van der Waals surface area contributed by atoms with Gasteiger partial charge in [-0.3, -0.25) is 0 Å². The van der Waals surface area contributed by atoms with Crippen molar-refractivity contribution in [2.45, 2.75) is 12.8 Å². The summed E-state index contributed by atoms with van der Waals surface area (Å²) in [6, 6.07) is 13.7. The molecule has 0 saturated carbocycles. The van der Waals surface area contributed by atoms with Crippen molar-refractivity contribution in [2.75, 3.05) is 13.2 Å². The molecule has 2 aromatic carbocycles. The largest absolute Gasteiger partial charge is 0.504 e. The van der Waals surface area contributed by atoms with Gasteiger partial charge in [0.05, 0.1) is 13.2 Å². The highest BCUT2D eigenvalue weighted by Gasteiger charge is 2.16. The number of phenolic OH excluding ortho intramolecular Hbond substituents is 1. The summed E-state index contributed by atoms with van der Waals surface area (Å²) in [5.74, 6) is 1.52. The van der Waals surface area contributed by atoms with Crippen LogP contribution in [0.4, 0.5) is 0 Å². The van der Waals surface area contributed by atoms with Crippen LogP contribution < -0.4 is 9.47 Å². The van der Waals surface area contributed by atoms with Crippen LogP contribution in [0.2, 0.25) is 0 Å². The number of rotatable bonds is 4. The zero-order valence-electron chi connectivity index (χ0n) is 10.6. The first kappa shape index (κ1) is 11.9. The highest BCUT2D eigenvalue weighted by atomic mass is 16.5. The standard InChI is InChI=1S/C16H16O3/c17-14-10-13-7-9-18-15(13)11-16(14)19-8-6-12-4-2-1-3-5-12/h1-5,10-11,17H,6-9H2. The summed E-state index contributed by atoms with van der Waals surface area (Å²) in [7, 11) is 0. The molecule has 0 bridgehead atoms. The first-order valence-electron chi connectivity index (χ1n) is 6.48. The molecule has 3 nitrogen and oxygen atoms in total. The molecular formula is C16H16O3. The van der Waals surface area contributed by atoms with E-state index in [2.05, 4.69) is 12.1 Å². The zero-order valence-corrected chi connectivity index (χ0v) is 10.6. The van der Waals surface area contributed by atoms with E-state index >= 15 is 0 Å². The Morgan fingerprint density at radius 3 is 2.84 bits per heavy atom.